The Balaban J connectivity index is 1.52. The third kappa shape index (κ3) is 3.23. The van der Waals surface area contributed by atoms with Crippen molar-refractivity contribution < 1.29 is 9.59 Å². The predicted octanol–water partition coefficient (Wildman–Crippen LogP) is 2.36. The molecule has 3 fully saturated rings. The summed E-state index contributed by atoms with van der Waals surface area (Å²) in [6, 6.07) is -0.0356. The van der Waals surface area contributed by atoms with Gasteiger partial charge in [-0.1, -0.05) is 6.42 Å². The maximum atomic E-state index is 12.5. The third-order valence-corrected chi connectivity index (χ3v) is 5.63. The number of amides is 3. The van der Waals surface area contributed by atoms with Crippen LogP contribution in [0.2, 0.25) is 0 Å². The van der Waals surface area contributed by atoms with Gasteiger partial charge in [0, 0.05) is 25.7 Å². The molecule has 3 rings (SSSR count). The van der Waals surface area contributed by atoms with Crippen LogP contribution in [0.25, 0.3) is 0 Å². The van der Waals surface area contributed by atoms with Crippen molar-refractivity contribution in [1.82, 2.24) is 15.1 Å². The molecule has 0 unspecified atom stereocenters. The molecule has 5 heteroatoms. The summed E-state index contributed by atoms with van der Waals surface area (Å²) in [4.78, 5) is 28.9. The van der Waals surface area contributed by atoms with Crippen LogP contribution in [0, 0.1) is 5.92 Å². The summed E-state index contributed by atoms with van der Waals surface area (Å²) in [5.41, 5.74) is 0. The Bertz CT molecular complexity index is 416. The fourth-order valence-corrected chi connectivity index (χ4v) is 4.08. The van der Waals surface area contributed by atoms with E-state index in [4.69, 9.17) is 0 Å². The molecule has 1 N–H and O–H groups in total. The maximum absolute atomic E-state index is 12.5. The van der Waals surface area contributed by atoms with Crippen LogP contribution in [-0.4, -0.2) is 53.5 Å². The average Bonchev–Trinajstić information content (AvgIpc) is 2.94. The lowest BCUT2D eigenvalue weighted by molar-refractivity contribution is -0.133. The molecule has 0 aromatic carbocycles. The fourth-order valence-electron chi connectivity index (χ4n) is 4.08. The highest BCUT2D eigenvalue weighted by Gasteiger charge is 2.38. The van der Waals surface area contributed by atoms with Gasteiger partial charge in [-0.15, -0.1) is 0 Å². The molecule has 2 atom stereocenters. The number of carbonyl (C=O) groups is 2. The number of hydrogen-bond acceptors (Lipinski definition) is 2. The van der Waals surface area contributed by atoms with E-state index in [1.165, 1.54) is 25.7 Å². The molecule has 3 aliphatic rings. The lowest BCUT2D eigenvalue weighted by atomic mass is 9.79. The molecule has 22 heavy (non-hydrogen) atoms. The van der Waals surface area contributed by atoms with Crippen molar-refractivity contribution in [3.05, 3.63) is 0 Å². The van der Waals surface area contributed by atoms with Gasteiger partial charge < -0.3 is 15.1 Å². The van der Waals surface area contributed by atoms with E-state index >= 15 is 0 Å². The summed E-state index contributed by atoms with van der Waals surface area (Å²) in [6.07, 6.45) is 9.44. The van der Waals surface area contributed by atoms with Gasteiger partial charge in [0.25, 0.3) is 0 Å². The SMILES string of the molecule is C[C@H](NC(=O)N1CCC[C@@H]1C1CCC1)C(=O)N1CCCCC1. The Morgan fingerprint density at radius 2 is 1.68 bits per heavy atom. The first kappa shape index (κ1) is 15.6. The lowest BCUT2D eigenvalue weighted by Gasteiger charge is -2.37. The van der Waals surface area contributed by atoms with Gasteiger partial charge in [-0.2, -0.15) is 0 Å². The molecule has 0 radical (unpaired) electrons. The molecule has 0 bridgehead atoms. The number of hydrogen-bond donors (Lipinski definition) is 1. The Labute approximate surface area is 133 Å². The van der Waals surface area contributed by atoms with Gasteiger partial charge in [0.15, 0.2) is 0 Å². The average molecular weight is 307 g/mol. The summed E-state index contributed by atoms with van der Waals surface area (Å²) in [5.74, 6) is 0.772. The molecule has 0 spiro atoms. The first-order valence-electron chi connectivity index (χ1n) is 9.03. The van der Waals surface area contributed by atoms with Gasteiger partial charge in [0.2, 0.25) is 5.91 Å². The summed E-state index contributed by atoms with van der Waals surface area (Å²) in [7, 11) is 0. The molecular formula is C17H29N3O2. The van der Waals surface area contributed by atoms with Crippen LogP contribution in [0.15, 0.2) is 0 Å². The number of carbonyl (C=O) groups excluding carboxylic acids is 2. The third-order valence-electron chi connectivity index (χ3n) is 5.63. The second kappa shape index (κ2) is 6.88. The van der Waals surface area contributed by atoms with Gasteiger partial charge >= 0.3 is 6.03 Å². The van der Waals surface area contributed by atoms with E-state index < -0.39 is 6.04 Å². The molecule has 1 aliphatic carbocycles. The maximum Gasteiger partial charge on any atom is 0.318 e. The molecule has 0 aromatic heterocycles. The Morgan fingerprint density at radius 3 is 2.32 bits per heavy atom. The summed E-state index contributed by atoms with van der Waals surface area (Å²) < 4.78 is 0. The molecule has 124 valence electrons. The van der Waals surface area contributed by atoms with E-state index in [1.54, 1.807) is 0 Å². The summed E-state index contributed by atoms with van der Waals surface area (Å²) in [6.45, 7) is 4.35. The molecule has 2 saturated heterocycles. The van der Waals surface area contributed by atoms with E-state index in [-0.39, 0.29) is 11.9 Å². The highest BCUT2D eigenvalue weighted by Crippen LogP contribution is 2.37. The zero-order chi connectivity index (χ0) is 15.5. The minimum Gasteiger partial charge on any atom is -0.341 e. The van der Waals surface area contributed by atoms with E-state index in [2.05, 4.69) is 5.32 Å². The van der Waals surface area contributed by atoms with Crippen molar-refractivity contribution in [3.63, 3.8) is 0 Å². The zero-order valence-corrected chi connectivity index (χ0v) is 13.7. The minimum absolute atomic E-state index is 0.0349. The fraction of sp³-hybridized carbons (Fsp3) is 0.882. The zero-order valence-electron chi connectivity index (χ0n) is 13.7. The minimum atomic E-state index is -0.409. The van der Waals surface area contributed by atoms with Crippen LogP contribution < -0.4 is 5.32 Å². The van der Waals surface area contributed by atoms with Crippen molar-refractivity contribution in [2.45, 2.75) is 70.4 Å². The number of rotatable bonds is 3. The van der Waals surface area contributed by atoms with Gasteiger partial charge in [-0.05, 0) is 57.8 Å². The molecule has 2 aliphatic heterocycles. The van der Waals surface area contributed by atoms with Gasteiger partial charge in [0.05, 0.1) is 0 Å². The Morgan fingerprint density at radius 1 is 0.955 bits per heavy atom. The van der Waals surface area contributed by atoms with E-state index in [9.17, 15) is 9.59 Å². The first-order valence-corrected chi connectivity index (χ1v) is 9.03. The van der Waals surface area contributed by atoms with Crippen LogP contribution in [0.1, 0.15) is 58.3 Å². The summed E-state index contributed by atoms with van der Waals surface area (Å²) >= 11 is 0. The normalized spacial score (nSPS) is 27.4. The monoisotopic (exact) mass is 307 g/mol. The largest absolute Gasteiger partial charge is 0.341 e. The molecule has 0 aromatic rings. The van der Waals surface area contributed by atoms with Crippen LogP contribution >= 0.6 is 0 Å². The van der Waals surface area contributed by atoms with Crippen LogP contribution in [0.4, 0.5) is 4.79 Å². The molecule has 5 nitrogen and oxygen atoms in total. The highest BCUT2D eigenvalue weighted by molar-refractivity contribution is 5.87. The van der Waals surface area contributed by atoms with Crippen LogP contribution in [0.3, 0.4) is 0 Å². The standard InChI is InChI=1S/C17H29N3O2/c1-13(16(21)19-10-3-2-4-11-19)18-17(22)20-12-6-9-15(20)14-7-5-8-14/h13-15H,2-12H2,1H3,(H,18,22)/t13-,15+/m0/s1. The number of nitrogens with one attached hydrogen (secondary N) is 1. The quantitative estimate of drug-likeness (QED) is 0.870. The predicted molar refractivity (Wildman–Crippen MR) is 85.5 cm³/mol. The van der Waals surface area contributed by atoms with E-state index in [1.807, 2.05) is 16.7 Å². The van der Waals surface area contributed by atoms with Crippen LogP contribution in [-0.2, 0) is 4.79 Å². The molecule has 2 heterocycles. The number of nitrogens with zero attached hydrogens (tertiary/aromatic N) is 2. The Kier molecular flexibility index (Phi) is 4.89. The number of urea groups is 1. The first-order chi connectivity index (χ1) is 10.7. The lowest BCUT2D eigenvalue weighted by Crippen LogP contribution is -2.54. The second-order valence-electron chi connectivity index (χ2n) is 7.15. The topological polar surface area (TPSA) is 52.7 Å². The molecule has 3 amide bonds. The number of piperidine rings is 1. The van der Waals surface area contributed by atoms with Crippen molar-refractivity contribution in [2.24, 2.45) is 5.92 Å². The van der Waals surface area contributed by atoms with Crippen LogP contribution in [0.5, 0.6) is 0 Å². The van der Waals surface area contributed by atoms with Gasteiger partial charge in [-0.3, -0.25) is 4.79 Å². The van der Waals surface area contributed by atoms with E-state index in [0.29, 0.717) is 12.0 Å². The van der Waals surface area contributed by atoms with Crippen molar-refractivity contribution in [3.8, 4) is 0 Å². The van der Waals surface area contributed by atoms with Crippen molar-refractivity contribution in [2.75, 3.05) is 19.6 Å². The van der Waals surface area contributed by atoms with Gasteiger partial charge in [-0.25, -0.2) is 4.79 Å². The smallest absolute Gasteiger partial charge is 0.318 e. The van der Waals surface area contributed by atoms with Crippen molar-refractivity contribution in [1.29, 1.82) is 0 Å². The summed E-state index contributed by atoms with van der Waals surface area (Å²) in [5, 5.41) is 2.95. The van der Waals surface area contributed by atoms with Crippen molar-refractivity contribution >= 4 is 11.9 Å². The number of likely N-dealkylation sites (tertiary alicyclic amines) is 2. The highest BCUT2D eigenvalue weighted by atomic mass is 16.2. The Hall–Kier alpha value is -1.26. The second-order valence-corrected chi connectivity index (χ2v) is 7.15. The molecular weight excluding hydrogens is 278 g/mol. The van der Waals surface area contributed by atoms with Gasteiger partial charge in [0.1, 0.15) is 6.04 Å². The molecule has 1 saturated carbocycles. The van der Waals surface area contributed by atoms with E-state index in [0.717, 1.165) is 45.3 Å².